The number of benzene rings is 1. The van der Waals surface area contributed by atoms with Gasteiger partial charge in [0.2, 0.25) is 15.9 Å². The Bertz CT molecular complexity index is 1000. The molecule has 0 atom stereocenters. The Labute approximate surface area is 181 Å². The summed E-state index contributed by atoms with van der Waals surface area (Å²) in [4.78, 5) is 27.2. The molecule has 3 N–H and O–H groups in total. The molecule has 0 aliphatic rings. The lowest BCUT2D eigenvalue weighted by molar-refractivity contribution is -0.119. The van der Waals surface area contributed by atoms with Crippen molar-refractivity contribution in [3.05, 3.63) is 18.2 Å². The van der Waals surface area contributed by atoms with Crippen LogP contribution in [0, 0.1) is 0 Å². The van der Waals surface area contributed by atoms with E-state index in [2.05, 4.69) is 11.9 Å². The monoisotopic (exact) mass is 455 g/mol. The number of amides is 3. The van der Waals surface area contributed by atoms with Crippen LogP contribution in [0.25, 0.3) is 11.0 Å². The summed E-state index contributed by atoms with van der Waals surface area (Å²) in [6, 6.07) is 4.14. The molecule has 9 nitrogen and oxygen atoms in total. The van der Waals surface area contributed by atoms with Crippen LogP contribution in [0.5, 0.6) is 0 Å². The number of hydrogen-bond donors (Lipinski definition) is 2. The van der Waals surface area contributed by atoms with Gasteiger partial charge < -0.3 is 10.3 Å². The number of carbonyl (C=O) groups is 2. The van der Waals surface area contributed by atoms with Crippen molar-refractivity contribution in [2.45, 2.75) is 56.6 Å². The van der Waals surface area contributed by atoms with Crippen molar-refractivity contribution >= 4 is 44.8 Å². The summed E-state index contributed by atoms with van der Waals surface area (Å²) in [5, 5.41) is 2.75. The molecular weight excluding hydrogens is 426 g/mol. The summed E-state index contributed by atoms with van der Waals surface area (Å²) < 4.78 is 29.1. The minimum absolute atomic E-state index is 0.117. The van der Waals surface area contributed by atoms with Crippen molar-refractivity contribution in [1.29, 1.82) is 0 Å². The molecule has 0 unspecified atom stereocenters. The van der Waals surface area contributed by atoms with Crippen molar-refractivity contribution in [3.8, 4) is 0 Å². The third kappa shape index (κ3) is 5.73. The highest BCUT2D eigenvalue weighted by molar-refractivity contribution is 7.99. The van der Waals surface area contributed by atoms with Gasteiger partial charge in [-0.1, -0.05) is 39.0 Å². The first kappa shape index (κ1) is 24.2. The van der Waals surface area contributed by atoms with Crippen LogP contribution >= 0.6 is 11.8 Å². The second-order valence-electron chi connectivity index (χ2n) is 6.65. The molecule has 1 aromatic heterocycles. The lowest BCUT2D eigenvalue weighted by Gasteiger charge is -2.18. The Morgan fingerprint density at radius 3 is 2.53 bits per heavy atom. The van der Waals surface area contributed by atoms with Crippen LogP contribution in [0.4, 0.5) is 4.79 Å². The Hall–Kier alpha value is -2.11. The zero-order chi connectivity index (χ0) is 22.3. The van der Waals surface area contributed by atoms with Gasteiger partial charge in [0.1, 0.15) is 0 Å². The number of hydrogen-bond acceptors (Lipinski definition) is 6. The molecule has 11 heteroatoms. The van der Waals surface area contributed by atoms with Gasteiger partial charge in [0, 0.05) is 31.8 Å². The number of nitrogens with zero attached hydrogens (tertiary/aromatic N) is 3. The van der Waals surface area contributed by atoms with Crippen LogP contribution in [0.2, 0.25) is 0 Å². The predicted octanol–water partition coefficient (Wildman–Crippen LogP) is 2.54. The standard InChI is InChI=1S/C19H29N5O4S2/c1-4-7-11-24-16-9-8-14(30(27,28)23(5-2)6-3)13-15(16)21-19(24)29-12-10-17(25)22-18(20)26/h8-9,13H,4-7,10-12H2,1-3H3,(H3,20,22,25,26). The van der Waals surface area contributed by atoms with E-state index in [9.17, 15) is 18.0 Å². The molecule has 0 radical (unpaired) electrons. The smallest absolute Gasteiger partial charge is 0.318 e. The first-order valence-electron chi connectivity index (χ1n) is 9.97. The first-order valence-corrected chi connectivity index (χ1v) is 12.4. The van der Waals surface area contributed by atoms with E-state index in [1.807, 2.05) is 23.7 Å². The van der Waals surface area contributed by atoms with Crippen LogP contribution in [0.3, 0.4) is 0 Å². The maximum absolute atomic E-state index is 12.8. The van der Waals surface area contributed by atoms with E-state index in [-0.39, 0.29) is 11.3 Å². The van der Waals surface area contributed by atoms with E-state index in [1.54, 1.807) is 18.2 Å². The van der Waals surface area contributed by atoms with Crippen molar-refractivity contribution in [2.24, 2.45) is 5.73 Å². The van der Waals surface area contributed by atoms with Gasteiger partial charge in [0.15, 0.2) is 5.16 Å². The highest BCUT2D eigenvalue weighted by Crippen LogP contribution is 2.28. The average molecular weight is 456 g/mol. The lowest BCUT2D eigenvalue weighted by Crippen LogP contribution is -2.35. The summed E-state index contributed by atoms with van der Waals surface area (Å²) in [5.74, 6) is -0.0297. The number of fused-ring (bicyclic) bond motifs is 1. The van der Waals surface area contributed by atoms with Crippen molar-refractivity contribution in [2.75, 3.05) is 18.8 Å². The molecule has 166 valence electrons. The number of aryl methyl sites for hydroxylation is 1. The van der Waals surface area contributed by atoms with E-state index in [0.29, 0.717) is 29.5 Å². The topological polar surface area (TPSA) is 127 Å². The maximum Gasteiger partial charge on any atom is 0.318 e. The average Bonchev–Trinajstić information content (AvgIpc) is 3.03. The van der Waals surface area contributed by atoms with Gasteiger partial charge in [0.25, 0.3) is 0 Å². The quantitative estimate of drug-likeness (QED) is 0.501. The van der Waals surface area contributed by atoms with Gasteiger partial charge in [-0.15, -0.1) is 0 Å². The summed E-state index contributed by atoms with van der Waals surface area (Å²) >= 11 is 1.39. The number of rotatable bonds is 11. The highest BCUT2D eigenvalue weighted by atomic mass is 32.2. The molecule has 30 heavy (non-hydrogen) atoms. The SMILES string of the molecule is CCCCn1c(SCCC(=O)NC(N)=O)nc2cc(S(=O)(=O)N(CC)CC)ccc21. The maximum atomic E-state index is 12.8. The highest BCUT2D eigenvalue weighted by Gasteiger charge is 2.23. The molecule has 0 spiro atoms. The third-order valence-corrected chi connectivity index (χ3v) is 7.61. The summed E-state index contributed by atoms with van der Waals surface area (Å²) in [5.41, 5.74) is 6.40. The fourth-order valence-electron chi connectivity index (χ4n) is 3.04. The molecule has 0 saturated carbocycles. The van der Waals surface area contributed by atoms with Gasteiger partial charge in [-0.05, 0) is 24.6 Å². The van der Waals surface area contributed by atoms with Crippen LogP contribution in [-0.4, -0.2) is 53.1 Å². The van der Waals surface area contributed by atoms with Crippen molar-refractivity contribution < 1.29 is 18.0 Å². The second kappa shape index (κ2) is 10.8. The molecule has 1 aromatic carbocycles. The van der Waals surface area contributed by atoms with Gasteiger partial charge >= 0.3 is 6.03 Å². The summed E-state index contributed by atoms with van der Waals surface area (Å²) in [6.07, 6.45) is 2.06. The van der Waals surface area contributed by atoms with Gasteiger partial charge in [-0.3, -0.25) is 10.1 Å². The predicted molar refractivity (Wildman–Crippen MR) is 118 cm³/mol. The van der Waals surface area contributed by atoms with E-state index in [4.69, 9.17) is 5.73 Å². The fourth-order valence-corrected chi connectivity index (χ4v) is 5.49. The number of urea groups is 1. The number of unbranched alkanes of at least 4 members (excludes halogenated alkanes) is 1. The van der Waals surface area contributed by atoms with E-state index < -0.39 is 22.0 Å². The molecule has 0 fully saturated rings. The molecule has 3 amide bonds. The van der Waals surface area contributed by atoms with Crippen molar-refractivity contribution in [1.82, 2.24) is 19.2 Å². The van der Waals surface area contributed by atoms with E-state index in [0.717, 1.165) is 24.9 Å². The lowest BCUT2D eigenvalue weighted by atomic mass is 10.3. The number of thioether (sulfide) groups is 1. The number of imidazole rings is 1. The Morgan fingerprint density at radius 1 is 1.23 bits per heavy atom. The molecule has 1 heterocycles. The number of nitrogens with two attached hydrogens (primary N) is 1. The largest absolute Gasteiger partial charge is 0.351 e. The Morgan fingerprint density at radius 2 is 1.93 bits per heavy atom. The molecule has 0 aliphatic carbocycles. The normalized spacial score (nSPS) is 11.9. The van der Waals surface area contributed by atoms with Gasteiger partial charge in [-0.2, -0.15) is 4.31 Å². The number of primary amides is 1. The molecule has 2 rings (SSSR count). The molecule has 0 bridgehead atoms. The number of carbonyl (C=O) groups excluding carboxylic acids is 2. The summed E-state index contributed by atoms with van der Waals surface area (Å²) in [6.45, 7) is 7.25. The number of imide groups is 1. The first-order chi connectivity index (χ1) is 14.2. The minimum atomic E-state index is -3.57. The zero-order valence-corrected chi connectivity index (χ0v) is 19.2. The summed E-state index contributed by atoms with van der Waals surface area (Å²) in [7, 11) is -3.57. The number of nitrogens with one attached hydrogen (secondary N) is 1. The third-order valence-electron chi connectivity index (χ3n) is 4.59. The van der Waals surface area contributed by atoms with Crippen LogP contribution < -0.4 is 11.1 Å². The molecule has 0 saturated heterocycles. The Kier molecular flexibility index (Phi) is 8.68. The van der Waals surface area contributed by atoms with Gasteiger partial charge in [-0.25, -0.2) is 18.2 Å². The van der Waals surface area contributed by atoms with Crippen LogP contribution in [0.15, 0.2) is 28.3 Å². The number of sulfonamides is 1. The van der Waals surface area contributed by atoms with E-state index >= 15 is 0 Å². The van der Waals surface area contributed by atoms with Crippen LogP contribution in [0.1, 0.15) is 40.0 Å². The van der Waals surface area contributed by atoms with Gasteiger partial charge in [0.05, 0.1) is 15.9 Å². The second-order valence-corrected chi connectivity index (χ2v) is 9.65. The minimum Gasteiger partial charge on any atom is -0.351 e. The van der Waals surface area contributed by atoms with Crippen molar-refractivity contribution in [3.63, 3.8) is 0 Å². The Balaban J connectivity index is 2.33. The molecular formula is C19H29N5O4S2. The van der Waals surface area contributed by atoms with E-state index in [1.165, 1.54) is 16.1 Å². The molecule has 0 aliphatic heterocycles. The zero-order valence-electron chi connectivity index (χ0n) is 17.6. The fraction of sp³-hybridized carbons (Fsp3) is 0.526. The number of aromatic nitrogens is 2. The molecule has 2 aromatic rings. The van der Waals surface area contributed by atoms with Crippen LogP contribution in [-0.2, 0) is 21.4 Å².